The van der Waals surface area contributed by atoms with Gasteiger partial charge in [0.15, 0.2) is 0 Å². The van der Waals surface area contributed by atoms with E-state index in [1.165, 1.54) is 6.20 Å². The van der Waals surface area contributed by atoms with Gasteiger partial charge in [0.2, 0.25) is 0 Å². The number of halogens is 3. The smallest absolute Gasteiger partial charge is 0.370 e. The van der Waals surface area contributed by atoms with Crippen molar-refractivity contribution in [2.24, 2.45) is 0 Å². The van der Waals surface area contributed by atoms with Crippen LogP contribution in [0.1, 0.15) is 24.4 Å². The number of nitrogens with zero attached hydrogens (tertiary/aromatic N) is 2. The van der Waals surface area contributed by atoms with Crippen molar-refractivity contribution < 1.29 is 18.1 Å². The van der Waals surface area contributed by atoms with Crippen molar-refractivity contribution in [1.82, 2.24) is 9.97 Å². The number of hydrogen-bond donors (Lipinski definition) is 2. The van der Waals surface area contributed by atoms with Crippen molar-refractivity contribution in [1.29, 1.82) is 0 Å². The van der Waals surface area contributed by atoms with E-state index in [2.05, 4.69) is 15.3 Å². The minimum atomic E-state index is -4.63. The highest BCUT2D eigenvalue weighted by Crippen LogP contribution is 2.35. The first kappa shape index (κ1) is 14.8. The number of benzene rings is 1. The number of aromatic nitrogens is 2. The van der Waals surface area contributed by atoms with E-state index in [1.807, 2.05) is 0 Å². The van der Waals surface area contributed by atoms with Crippen LogP contribution in [0.5, 0.6) is 0 Å². The molecule has 0 radical (unpaired) electrons. The standard InChI is InChI=1S/C12H11F3N4O2/c1-7(11-16-4-5-17-11)18-9-3-2-8(12(13,14)15)6-10(9)19(20)21/h2-7,18H,1H3,(H,16,17)/t7-/m1/s1. The van der Waals surface area contributed by atoms with Gasteiger partial charge in [0.1, 0.15) is 11.5 Å². The molecule has 9 heteroatoms. The number of nitrogens with one attached hydrogen (secondary N) is 2. The van der Waals surface area contributed by atoms with Gasteiger partial charge in [-0.25, -0.2) is 4.98 Å². The van der Waals surface area contributed by atoms with Gasteiger partial charge in [-0.15, -0.1) is 0 Å². The van der Waals surface area contributed by atoms with Crippen LogP contribution in [0.4, 0.5) is 24.5 Å². The number of anilines is 1. The first-order valence-corrected chi connectivity index (χ1v) is 5.90. The molecule has 0 amide bonds. The third-order valence-electron chi connectivity index (χ3n) is 2.82. The van der Waals surface area contributed by atoms with Crippen LogP contribution < -0.4 is 5.32 Å². The van der Waals surface area contributed by atoms with Crippen LogP contribution >= 0.6 is 0 Å². The number of nitro benzene ring substituents is 1. The number of hydrogen-bond acceptors (Lipinski definition) is 4. The van der Waals surface area contributed by atoms with Crippen LogP contribution in [0.3, 0.4) is 0 Å². The Balaban J connectivity index is 2.33. The fraction of sp³-hybridized carbons (Fsp3) is 0.250. The molecule has 2 rings (SSSR count). The van der Waals surface area contributed by atoms with Gasteiger partial charge in [-0.05, 0) is 19.1 Å². The Morgan fingerprint density at radius 2 is 2.14 bits per heavy atom. The highest BCUT2D eigenvalue weighted by molar-refractivity contribution is 5.63. The average Bonchev–Trinajstić information content (AvgIpc) is 2.91. The SMILES string of the molecule is C[C@@H](Nc1ccc(C(F)(F)F)cc1[N+](=O)[O-])c1ncc[nH]1. The summed E-state index contributed by atoms with van der Waals surface area (Å²) in [5, 5.41) is 13.7. The van der Waals surface area contributed by atoms with Crippen molar-refractivity contribution in [3.8, 4) is 0 Å². The van der Waals surface area contributed by atoms with Gasteiger partial charge in [-0.1, -0.05) is 0 Å². The lowest BCUT2D eigenvalue weighted by molar-refractivity contribution is -0.384. The number of nitro groups is 1. The van der Waals surface area contributed by atoms with E-state index in [-0.39, 0.29) is 5.69 Å². The molecular weight excluding hydrogens is 289 g/mol. The van der Waals surface area contributed by atoms with Crippen LogP contribution in [-0.4, -0.2) is 14.9 Å². The van der Waals surface area contributed by atoms with Gasteiger partial charge < -0.3 is 10.3 Å². The normalized spacial score (nSPS) is 13.0. The number of imidazole rings is 1. The van der Waals surface area contributed by atoms with E-state index in [9.17, 15) is 23.3 Å². The molecule has 0 saturated heterocycles. The summed E-state index contributed by atoms with van der Waals surface area (Å²) in [7, 11) is 0. The molecule has 0 saturated carbocycles. The zero-order valence-corrected chi connectivity index (χ0v) is 10.8. The van der Waals surface area contributed by atoms with Gasteiger partial charge in [-0.3, -0.25) is 10.1 Å². The molecular formula is C12H11F3N4O2. The van der Waals surface area contributed by atoms with E-state index in [0.717, 1.165) is 12.1 Å². The van der Waals surface area contributed by atoms with Crippen LogP contribution in [-0.2, 0) is 6.18 Å². The lowest BCUT2D eigenvalue weighted by Gasteiger charge is -2.14. The van der Waals surface area contributed by atoms with E-state index < -0.39 is 28.4 Å². The van der Waals surface area contributed by atoms with Crippen LogP contribution in [0, 0.1) is 10.1 Å². The molecule has 1 aromatic carbocycles. The summed E-state index contributed by atoms with van der Waals surface area (Å²) in [6.07, 6.45) is -1.54. The molecule has 0 aliphatic rings. The molecule has 112 valence electrons. The molecule has 0 fully saturated rings. The average molecular weight is 300 g/mol. The zero-order chi connectivity index (χ0) is 15.6. The summed E-state index contributed by atoms with van der Waals surface area (Å²) in [5.74, 6) is 0.518. The van der Waals surface area contributed by atoms with Crippen molar-refractivity contribution in [3.05, 3.63) is 52.1 Å². The Morgan fingerprint density at radius 3 is 2.67 bits per heavy atom. The van der Waals surface area contributed by atoms with E-state index >= 15 is 0 Å². The molecule has 1 aromatic heterocycles. The molecule has 1 heterocycles. The highest BCUT2D eigenvalue weighted by atomic mass is 19.4. The van der Waals surface area contributed by atoms with Crippen LogP contribution in [0.15, 0.2) is 30.6 Å². The summed E-state index contributed by atoms with van der Waals surface area (Å²) in [6.45, 7) is 1.68. The van der Waals surface area contributed by atoms with Gasteiger partial charge >= 0.3 is 6.18 Å². The fourth-order valence-electron chi connectivity index (χ4n) is 1.80. The number of alkyl halides is 3. The van der Waals surface area contributed by atoms with E-state index in [4.69, 9.17) is 0 Å². The highest BCUT2D eigenvalue weighted by Gasteiger charge is 2.33. The molecule has 2 N–H and O–H groups in total. The topological polar surface area (TPSA) is 83.8 Å². The molecule has 2 aromatic rings. The molecule has 21 heavy (non-hydrogen) atoms. The van der Waals surface area contributed by atoms with Crippen molar-refractivity contribution in [2.45, 2.75) is 19.1 Å². The quantitative estimate of drug-likeness (QED) is 0.668. The molecule has 0 spiro atoms. The molecule has 1 atom stereocenters. The molecule has 0 bridgehead atoms. The van der Waals surface area contributed by atoms with Gasteiger partial charge in [0, 0.05) is 18.5 Å². The number of H-pyrrole nitrogens is 1. The van der Waals surface area contributed by atoms with Crippen LogP contribution in [0.25, 0.3) is 0 Å². The number of aromatic amines is 1. The Kier molecular flexibility index (Phi) is 3.83. The monoisotopic (exact) mass is 300 g/mol. The molecule has 0 unspecified atom stereocenters. The van der Waals surface area contributed by atoms with Crippen molar-refractivity contribution in [3.63, 3.8) is 0 Å². The second-order valence-corrected chi connectivity index (χ2v) is 4.33. The first-order valence-electron chi connectivity index (χ1n) is 5.90. The van der Waals surface area contributed by atoms with Crippen molar-refractivity contribution in [2.75, 3.05) is 5.32 Å². The zero-order valence-electron chi connectivity index (χ0n) is 10.8. The maximum Gasteiger partial charge on any atom is 0.416 e. The molecule has 0 aliphatic carbocycles. The maximum atomic E-state index is 12.6. The van der Waals surface area contributed by atoms with Gasteiger partial charge in [0.05, 0.1) is 16.5 Å². The van der Waals surface area contributed by atoms with Gasteiger partial charge in [0.25, 0.3) is 5.69 Å². The third-order valence-corrected chi connectivity index (χ3v) is 2.82. The fourth-order valence-corrected chi connectivity index (χ4v) is 1.80. The molecule has 6 nitrogen and oxygen atoms in total. The molecule has 0 aliphatic heterocycles. The first-order chi connectivity index (χ1) is 9.79. The summed E-state index contributed by atoms with van der Waals surface area (Å²) < 4.78 is 37.8. The van der Waals surface area contributed by atoms with Gasteiger partial charge in [-0.2, -0.15) is 13.2 Å². The predicted octanol–water partition coefficient (Wildman–Crippen LogP) is 3.51. The Bertz CT molecular complexity index is 640. The summed E-state index contributed by atoms with van der Waals surface area (Å²) >= 11 is 0. The third kappa shape index (κ3) is 3.30. The second-order valence-electron chi connectivity index (χ2n) is 4.33. The minimum Gasteiger partial charge on any atom is -0.370 e. The Labute approximate surface area is 117 Å². The van der Waals surface area contributed by atoms with E-state index in [1.54, 1.807) is 13.1 Å². The summed E-state index contributed by atoms with van der Waals surface area (Å²) in [4.78, 5) is 16.9. The van der Waals surface area contributed by atoms with E-state index in [0.29, 0.717) is 11.9 Å². The lowest BCUT2D eigenvalue weighted by Crippen LogP contribution is -2.11. The summed E-state index contributed by atoms with van der Waals surface area (Å²) in [6, 6.07) is 1.93. The second kappa shape index (κ2) is 5.43. The Hall–Kier alpha value is -2.58. The van der Waals surface area contributed by atoms with Crippen molar-refractivity contribution >= 4 is 11.4 Å². The minimum absolute atomic E-state index is 0.00287. The largest absolute Gasteiger partial charge is 0.416 e. The van der Waals surface area contributed by atoms with Crippen LogP contribution in [0.2, 0.25) is 0 Å². The Morgan fingerprint density at radius 1 is 1.43 bits per heavy atom. The summed E-state index contributed by atoms with van der Waals surface area (Å²) in [5.41, 5.74) is -1.70. The maximum absolute atomic E-state index is 12.6. The lowest BCUT2D eigenvalue weighted by atomic mass is 10.1. The number of rotatable bonds is 4. The predicted molar refractivity (Wildman–Crippen MR) is 68.7 cm³/mol.